The van der Waals surface area contributed by atoms with Gasteiger partial charge in [0.1, 0.15) is 11.5 Å². The van der Waals surface area contributed by atoms with Crippen molar-refractivity contribution < 1.29 is 19.4 Å². The van der Waals surface area contributed by atoms with Gasteiger partial charge in [0.2, 0.25) is 0 Å². The Morgan fingerprint density at radius 2 is 2.00 bits per heavy atom. The first-order chi connectivity index (χ1) is 10.0. The second kappa shape index (κ2) is 6.89. The molecule has 5 nitrogen and oxygen atoms in total. The van der Waals surface area contributed by atoms with Crippen LogP contribution in [0.15, 0.2) is 12.1 Å². The lowest BCUT2D eigenvalue weighted by atomic mass is 9.85. The van der Waals surface area contributed by atoms with E-state index in [4.69, 9.17) is 26.2 Å². The van der Waals surface area contributed by atoms with Crippen molar-refractivity contribution in [1.29, 1.82) is 0 Å². The number of anilines is 1. The summed E-state index contributed by atoms with van der Waals surface area (Å²) in [5.74, 6) is 0.183. The highest BCUT2D eigenvalue weighted by atomic mass is 35.5. The number of nitrogens with one attached hydrogen (secondary N) is 1. The number of carboxylic acids is 1. The van der Waals surface area contributed by atoms with Crippen LogP contribution in [0.3, 0.4) is 0 Å². The third-order valence-electron chi connectivity index (χ3n) is 3.86. The average molecular weight is 314 g/mol. The molecule has 1 fully saturated rings. The van der Waals surface area contributed by atoms with E-state index in [2.05, 4.69) is 5.32 Å². The number of methoxy groups -OCH3 is 2. The third kappa shape index (κ3) is 3.73. The van der Waals surface area contributed by atoms with E-state index in [0.717, 1.165) is 24.9 Å². The third-order valence-corrected chi connectivity index (χ3v) is 4.15. The Bertz CT molecular complexity index is 521. The fourth-order valence-corrected chi connectivity index (χ4v) is 2.97. The molecular formula is C15H20ClNO4. The molecule has 21 heavy (non-hydrogen) atoms. The molecule has 6 heteroatoms. The second-order valence-corrected chi connectivity index (χ2v) is 5.64. The van der Waals surface area contributed by atoms with Gasteiger partial charge in [-0.2, -0.15) is 0 Å². The molecule has 2 atom stereocenters. The van der Waals surface area contributed by atoms with E-state index in [1.54, 1.807) is 26.4 Å². The van der Waals surface area contributed by atoms with E-state index in [9.17, 15) is 4.79 Å². The van der Waals surface area contributed by atoms with Gasteiger partial charge in [-0.15, -0.1) is 0 Å². The van der Waals surface area contributed by atoms with Crippen LogP contribution in [0, 0.1) is 5.92 Å². The monoisotopic (exact) mass is 313 g/mol. The Morgan fingerprint density at radius 1 is 1.29 bits per heavy atom. The van der Waals surface area contributed by atoms with Crippen LogP contribution in [-0.4, -0.2) is 31.3 Å². The molecule has 0 heterocycles. The van der Waals surface area contributed by atoms with Crippen LogP contribution in [0.4, 0.5) is 5.69 Å². The lowest BCUT2D eigenvalue weighted by Gasteiger charge is -2.29. The first kappa shape index (κ1) is 15.8. The van der Waals surface area contributed by atoms with Gasteiger partial charge in [0.15, 0.2) is 0 Å². The SMILES string of the molecule is COc1cc(NC2CCCC(C(=O)O)C2)c(OC)cc1Cl. The van der Waals surface area contributed by atoms with Crippen molar-refractivity contribution in [3.63, 3.8) is 0 Å². The van der Waals surface area contributed by atoms with Crippen LogP contribution < -0.4 is 14.8 Å². The maximum absolute atomic E-state index is 11.1. The molecule has 1 aliphatic carbocycles. The smallest absolute Gasteiger partial charge is 0.306 e. The lowest BCUT2D eigenvalue weighted by molar-refractivity contribution is -0.142. The zero-order valence-corrected chi connectivity index (χ0v) is 12.9. The van der Waals surface area contributed by atoms with E-state index in [1.807, 2.05) is 0 Å². The molecule has 0 radical (unpaired) electrons. The van der Waals surface area contributed by atoms with Crippen LogP contribution in [0.1, 0.15) is 25.7 Å². The number of benzene rings is 1. The standard InChI is InChI=1S/C15H20ClNO4/c1-20-13-8-12(14(21-2)7-11(13)16)17-10-5-3-4-9(6-10)15(18)19/h7-10,17H,3-6H2,1-2H3,(H,18,19). The summed E-state index contributed by atoms with van der Waals surface area (Å²) in [6, 6.07) is 3.59. The van der Waals surface area contributed by atoms with Gasteiger partial charge in [-0.25, -0.2) is 0 Å². The van der Waals surface area contributed by atoms with Crippen molar-refractivity contribution in [2.45, 2.75) is 31.7 Å². The van der Waals surface area contributed by atoms with Gasteiger partial charge in [0.05, 0.1) is 30.8 Å². The van der Waals surface area contributed by atoms with Gasteiger partial charge in [0, 0.05) is 18.2 Å². The number of carbonyl (C=O) groups is 1. The normalized spacial score (nSPS) is 21.7. The summed E-state index contributed by atoms with van der Waals surface area (Å²) < 4.78 is 10.5. The van der Waals surface area contributed by atoms with E-state index in [-0.39, 0.29) is 12.0 Å². The average Bonchev–Trinajstić information content (AvgIpc) is 2.48. The second-order valence-electron chi connectivity index (χ2n) is 5.23. The van der Waals surface area contributed by atoms with Crippen LogP contribution in [0.25, 0.3) is 0 Å². The maximum Gasteiger partial charge on any atom is 0.306 e. The van der Waals surface area contributed by atoms with Crippen molar-refractivity contribution in [2.75, 3.05) is 19.5 Å². The summed E-state index contributed by atoms with van der Waals surface area (Å²) in [7, 11) is 3.13. The largest absolute Gasteiger partial charge is 0.495 e. The zero-order chi connectivity index (χ0) is 15.4. The number of aliphatic carboxylic acids is 1. The molecule has 0 spiro atoms. The Hall–Kier alpha value is -1.62. The van der Waals surface area contributed by atoms with Crippen molar-refractivity contribution in [2.24, 2.45) is 5.92 Å². The molecule has 1 aromatic rings. The number of halogens is 1. The molecule has 116 valence electrons. The molecule has 2 N–H and O–H groups in total. The number of carboxylic acid groups (broad SMARTS) is 1. The Balaban J connectivity index is 2.16. The van der Waals surface area contributed by atoms with Crippen molar-refractivity contribution in [3.8, 4) is 11.5 Å². The van der Waals surface area contributed by atoms with Gasteiger partial charge in [-0.3, -0.25) is 4.79 Å². The number of hydrogen-bond acceptors (Lipinski definition) is 4. The Morgan fingerprint density at radius 3 is 2.62 bits per heavy atom. The highest BCUT2D eigenvalue weighted by Gasteiger charge is 2.27. The molecular weight excluding hydrogens is 294 g/mol. The quantitative estimate of drug-likeness (QED) is 0.872. The molecule has 2 rings (SSSR count). The summed E-state index contributed by atoms with van der Waals surface area (Å²) in [4.78, 5) is 11.1. The molecule has 0 saturated heterocycles. The maximum atomic E-state index is 11.1. The fourth-order valence-electron chi connectivity index (χ4n) is 2.74. The Labute approximate surface area is 129 Å². The minimum atomic E-state index is -0.720. The van der Waals surface area contributed by atoms with Crippen LogP contribution >= 0.6 is 11.6 Å². The van der Waals surface area contributed by atoms with Crippen molar-refractivity contribution in [1.82, 2.24) is 0 Å². The van der Waals surface area contributed by atoms with E-state index in [0.29, 0.717) is 22.9 Å². The molecule has 1 saturated carbocycles. The first-order valence-corrected chi connectivity index (χ1v) is 7.33. The number of ether oxygens (including phenoxy) is 2. The summed E-state index contributed by atoms with van der Waals surface area (Å²) in [5.41, 5.74) is 0.773. The molecule has 1 aliphatic rings. The van der Waals surface area contributed by atoms with Gasteiger partial charge in [0.25, 0.3) is 0 Å². The minimum absolute atomic E-state index is 0.111. The van der Waals surface area contributed by atoms with Crippen LogP contribution in [0.2, 0.25) is 5.02 Å². The highest BCUT2D eigenvalue weighted by molar-refractivity contribution is 6.32. The van der Waals surface area contributed by atoms with E-state index in [1.165, 1.54) is 0 Å². The molecule has 0 aliphatic heterocycles. The summed E-state index contributed by atoms with van der Waals surface area (Å²) in [6.45, 7) is 0. The van der Waals surface area contributed by atoms with Gasteiger partial charge >= 0.3 is 5.97 Å². The Kier molecular flexibility index (Phi) is 5.17. The number of hydrogen-bond donors (Lipinski definition) is 2. The summed E-state index contributed by atoms with van der Waals surface area (Å²) >= 11 is 6.08. The lowest BCUT2D eigenvalue weighted by Crippen LogP contribution is -2.31. The van der Waals surface area contributed by atoms with E-state index < -0.39 is 5.97 Å². The zero-order valence-electron chi connectivity index (χ0n) is 12.2. The minimum Gasteiger partial charge on any atom is -0.495 e. The molecule has 0 aromatic heterocycles. The topological polar surface area (TPSA) is 67.8 Å². The van der Waals surface area contributed by atoms with E-state index >= 15 is 0 Å². The predicted molar refractivity (Wildman–Crippen MR) is 81.6 cm³/mol. The van der Waals surface area contributed by atoms with Crippen LogP contribution in [-0.2, 0) is 4.79 Å². The summed E-state index contributed by atoms with van der Waals surface area (Å²) in [5, 5.41) is 13.0. The van der Waals surface area contributed by atoms with Crippen molar-refractivity contribution >= 4 is 23.3 Å². The van der Waals surface area contributed by atoms with Gasteiger partial charge < -0.3 is 19.9 Å². The predicted octanol–water partition coefficient (Wildman–Crippen LogP) is 3.41. The molecule has 1 aromatic carbocycles. The van der Waals surface area contributed by atoms with Crippen molar-refractivity contribution in [3.05, 3.63) is 17.2 Å². The molecule has 0 amide bonds. The molecule has 0 bridgehead atoms. The summed E-state index contributed by atoms with van der Waals surface area (Å²) in [6.07, 6.45) is 3.21. The van der Waals surface area contributed by atoms with Gasteiger partial charge in [-0.1, -0.05) is 18.0 Å². The number of rotatable bonds is 5. The first-order valence-electron chi connectivity index (χ1n) is 6.96. The fraction of sp³-hybridized carbons (Fsp3) is 0.533. The van der Waals surface area contributed by atoms with Crippen LogP contribution in [0.5, 0.6) is 11.5 Å². The highest BCUT2D eigenvalue weighted by Crippen LogP contribution is 2.37. The molecule has 2 unspecified atom stereocenters. The van der Waals surface area contributed by atoms with Gasteiger partial charge in [-0.05, 0) is 19.3 Å².